The highest BCUT2D eigenvalue weighted by Gasteiger charge is 2.47. The van der Waals surface area contributed by atoms with Gasteiger partial charge >= 0.3 is 0 Å². The SMILES string of the molecule is Brc1cc2c(cc1Br)C1c3ccccc3C2c2ccccc21.c1ccc2c(c1)C1c3ccccc3C2c2cc3cc4c(cc3cc21)C1c2ccccc2C4c2ccccc21.c1ccc2c(c1)C1c3ccccc3C2c2cc3cc4cc5c(cc4cc3cc21)C1c2ccccc2C5c2ccccc21. The Labute approximate surface area is 609 Å². The molecule has 0 radical (unpaired) electrons. The van der Waals surface area contributed by atoms with Gasteiger partial charge in [-0.15, -0.1) is 0 Å². The van der Waals surface area contributed by atoms with Crippen LogP contribution in [0.15, 0.2) is 324 Å². The van der Waals surface area contributed by atoms with Gasteiger partial charge < -0.3 is 0 Å². The molecule has 0 amide bonds. The van der Waals surface area contributed by atoms with Gasteiger partial charge in [0.1, 0.15) is 0 Å². The van der Waals surface area contributed by atoms with Crippen molar-refractivity contribution in [3.05, 3.63) is 491 Å². The molecule has 15 aliphatic carbocycles. The molecule has 476 valence electrons. The van der Waals surface area contributed by atoms with Crippen molar-refractivity contribution in [2.75, 3.05) is 0 Å². The highest BCUT2D eigenvalue weighted by molar-refractivity contribution is 9.13. The molecule has 16 aromatic rings. The van der Waals surface area contributed by atoms with Crippen LogP contribution >= 0.6 is 31.9 Å². The van der Waals surface area contributed by atoms with Gasteiger partial charge in [0.05, 0.1) is 0 Å². The Morgan fingerprint density at radius 1 is 0.118 bits per heavy atom. The molecule has 0 atom stereocenters. The Hall–Kier alpha value is -10.7. The van der Waals surface area contributed by atoms with Crippen LogP contribution in [0.2, 0.25) is 0 Å². The van der Waals surface area contributed by atoms with Crippen molar-refractivity contribution >= 4 is 64.2 Å². The molecule has 31 rings (SSSR count). The minimum absolute atomic E-state index is 0.310. The highest BCUT2D eigenvalue weighted by Crippen LogP contribution is 2.63. The zero-order valence-corrected chi connectivity index (χ0v) is 58.7. The number of hydrogen-bond acceptors (Lipinski definition) is 0. The molecule has 15 aliphatic rings. The second kappa shape index (κ2) is 21.0. The Bertz CT molecular complexity index is 5540. The average Bonchev–Trinajstić information content (AvgIpc) is 0.709. The molecular formula is C100H62Br2. The topological polar surface area (TPSA) is 0 Å². The number of benzene rings is 16. The van der Waals surface area contributed by atoms with Gasteiger partial charge in [-0.25, -0.2) is 0 Å². The first-order valence-corrected chi connectivity index (χ1v) is 38.1. The normalized spacial score (nSPS) is 21.4. The van der Waals surface area contributed by atoms with E-state index in [2.05, 4.69) is 347 Å². The smallest absolute Gasteiger partial charge is 0.0349 e. The van der Waals surface area contributed by atoms with E-state index in [1.165, 1.54) is 199 Å². The van der Waals surface area contributed by atoms with E-state index in [9.17, 15) is 0 Å². The quantitative estimate of drug-likeness (QED) is 0.133. The maximum atomic E-state index is 3.68. The van der Waals surface area contributed by atoms with Gasteiger partial charge in [-0.1, -0.05) is 243 Å². The summed E-state index contributed by atoms with van der Waals surface area (Å²) >= 11 is 7.36. The largest absolute Gasteiger partial charge is 0.0619 e. The highest BCUT2D eigenvalue weighted by atomic mass is 79.9. The van der Waals surface area contributed by atoms with E-state index in [0.717, 1.165) is 8.95 Å². The fourth-order valence-corrected chi connectivity index (χ4v) is 22.8. The van der Waals surface area contributed by atoms with Crippen LogP contribution in [-0.4, -0.2) is 0 Å². The number of halogens is 2. The lowest BCUT2D eigenvalue weighted by molar-refractivity contribution is 0.752. The third-order valence-corrected chi connectivity index (χ3v) is 27.7. The summed E-state index contributed by atoms with van der Waals surface area (Å²) in [5.74, 6) is 3.24. The fourth-order valence-electron chi connectivity index (χ4n) is 22.1. The van der Waals surface area contributed by atoms with Crippen LogP contribution in [0.3, 0.4) is 0 Å². The van der Waals surface area contributed by atoms with Crippen molar-refractivity contribution in [1.82, 2.24) is 0 Å². The van der Waals surface area contributed by atoms with Crippen molar-refractivity contribution in [2.45, 2.75) is 59.2 Å². The monoisotopic (exact) mass is 1420 g/mol. The molecule has 0 spiro atoms. The van der Waals surface area contributed by atoms with E-state index >= 15 is 0 Å². The van der Waals surface area contributed by atoms with E-state index in [1.807, 2.05) is 0 Å². The van der Waals surface area contributed by atoms with E-state index in [0.29, 0.717) is 59.2 Å². The van der Waals surface area contributed by atoms with E-state index < -0.39 is 0 Å². The van der Waals surface area contributed by atoms with Gasteiger partial charge in [-0.2, -0.15) is 0 Å². The molecule has 16 aromatic carbocycles. The molecule has 0 nitrogen and oxygen atoms in total. The van der Waals surface area contributed by atoms with Gasteiger partial charge in [0, 0.05) is 68.1 Å². The molecule has 102 heavy (non-hydrogen) atoms. The summed E-state index contributed by atoms with van der Waals surface area (Å²) in [4.78, 5) is 0. The van der Waals surface area contributed by atoms with Crippen LogP contribution in [-0.2, 0) is 0 Å². The maximum absolute atomic E-state index is 3.68. The predicted molar refractivity (Wildman–Crippen MR) is 421 cm³/mol. The molecule has 0 N–H and O–H groups in total. The molecule has 2 heteroatoms. The predicted octanol–water partition coefficient (Wildman–Crippen LogP) is 25.0. The minimum atomic E-state index is 0.310. The third kappa shape index (κ3) is 7.56. The number of rotatable bonds is 0. The van der Waals surface area contributed by atoms with Crippen molar-refractivity contribution in [2.24, 2.45) is 0 Å². The standard InChI is InChI=1S/C42H26.C38H24.C20H12Br2/c1-2-10-28-27(9-1)39-29-11-3-4-12-30(29)40(28)36-20-24-18-26-22-38-37(21-25(26)17-23(24)19-35(36)39)41-31-13-5-7-15-33(31)42(38)34-16-8-6-14-32(34)41;1-2-10-24-23(9-1)35-25-11-3-4-12-26(25)36(24)32-18-22-20-34-33(19-21(22)17-31(32)35)37-27-13-5-7-15-29(27)38(34)30-16-8-6-14-28(30)37;21-17-9-15-16(10-18(17)22)20-12-6-2-1-5-11(12)19(15)13-7-3-4-8-14(13)20/h1-22,39-42H;1-20,35-38H;1-10,19-20H. The van der Waals surface area contributed by atoms with Crippen molar-refractivity contribution in [3.63, 3.8) is 0 Å². The summed E-state index contributed by atoms with van der Waals surface area (Å²) in [5, 5.41) is 8.17. The molecule has 0 heterocycles. The fraction of sp³-hybridized carbons (Fsp3) is 0.100. The number of fused-ring (bicyclic) bond motifs is 3. The summed E-state index contributed by atoms with van der Waals surface area (Å²) in [6.45, 7) is 0. The van der Waals surface area contributed by atoms with E-state index in [-0.39, 0.29) is 0 Å². The molecule has 0 saturated carbocycles. The molecule has 0 aromatic heterocycles. The summed E-state index contributed by atoms with van der Waals surface area (Å²) < 4.78 is 2.27. The van der Waals surface area contributed by atoms with Gasteiger partial charge in [0.15, 0.2) is 0 Å². The minimum Gasteiger partial charge on any atom is -0.0619 e. The molecular weight excluding hydrogens is 1360 g/mol. The second-order valence-electron chi connectivity index (χ2n) is 30.3. The zero-order chi connectivity index (χ0) is 66.5. The van der Waals surface area contributed by atoms with Crippen LogP contribution < -0.4 is 0 Å². The first-order valence-electron chi connectivity index (χ1n) is 36.5. The summed E-state index contributed by atoms with van der Waals surface area (Å²) in [5.41, 5.74) is 44.5. The van der Waals surface area contributed by atoms with Gasteiger partial charge in [0.25, 0.3) is 0 Å². The van der Waals surface area contributed by atoms with Crippen LogP contribution in [0.4, 0.5) is 0 Å². The Morgan fingerprint density at radius 2 is 0.216 bits per heavy atom. The summed E-state index contributed by atoms with van der Waals surface area (Å²) in [6.07, 6.45) is 0. The lowest BCUT2D eigenvalue weighted by atomic mass is 9.59. The van der Waals surface area contributed by atoms with Gasteiger partial charge in [-0.05, 0) is 304 Å². The van der Waals surface area contributed by atoms with Crippen LogP contribution in [0.5, 0.6) is 0 Å². The molecule has 0 saturated heterocycles. The zero-order valence-electron chi connectivity index (χ0n) is 55.6. The number of hydrogen-bond donors (Lipinski definition) is 0. The second-order valence-corrected chi connectivity index (χ2v) is 32.0. The Morgan fingerprint density at radius 3 is 0.333 bits per heavy atom. The molecule has 0 unspecified atom stereocenters. The summed E-state index contributed by atoms with van der Waals surface area (Å²) in [6, 6.07) is 121. The Kier molecular flexibility index (Phi) is 11.7. The average molecular weight is 1420 g/mol. The van der Waals surface area contributed by atoms with Gasteiger partial charge in [-0.3, -0.25) is 0 Å². The Balaban J connectivity index is 0.0000000963. The van der Waals surface area contributed by atoms with Crippen molar-refractivity contribution in [1.29, 1.82) is 0 Å². The van der Waals surface area contributed by atoms with Crippen LogP contribution in [0.25, 0.3) is 32.3 Å². The van der Waals surface area contributed by atoms with Crippen molar-refractivity contribution in [3.8, 4) is 0 Å². The van der Waals surface area contributed by atoms with Crippen molar-refractivity contribution < 1.29 is 0 Å². The molecule has 0 fully saturated rings. The van der Waals surface area contributed by atoms with Gasteiger partial charge in [0.2, 0.25) is 0 Å². The first kappa shape index (κ1) is 56.9. The third-order valence-electron chi connectivity index (χ3n) is 25.9. The molecule has 0 aliphatic heterocycles. The summed E-state index contributed by atoms with van der Waals surface area (Å²) in [7, 11) is 0. The van der Waals surface area contributed by atoms with E-state index in [4.69, 9.17) is 0 Å². The van der Waals surface area contributed by atoms with E-state index in [1.54, 1.807) is 0 Å². The van der Waals surface area contributed by atoms with Crippen LogP contribution in [0, 0.1) is 0 Å². The molecule has 10 bridgehead atoms. The lowest BCUT2D eigenvalue weighted by Gasteiger charge is -2.43. The maximum Gasteiger partial charge on any atom is 0.0349 e. The first-order chi connectivity index (χ1) is 50.5. The lowest BCUT2D eigenvalue weighted by Crippen LogP contribution is -2.28. The van der Waals surface area contributed by atoms with Crippen LogP contribution in [0.1, 0.15) is 226 Å².